The number of hydrogen-bond acceptors (Lipinski definition) is 9. The molecular weight excluding hydrogens is 902 g/mol. The molecule has 0 aromatic rings. The van der Waals surface area contributed by atoms with Crippen molar-refractivity contribution in [2.24, 2.45) is 5.73 Å². The van der Waals surface area contributed by atoms with Crippen LogP contribution >= 0.6 is 0 Å². The van der Waals surface area contributed by atoms with E-state index in [0.29, 0.717) is 58.7 Å². The Balaban J connectivity index is -0.000000266. The summed E-state index contributed by atoms with van der Waals surface area (Å²) in [5, 5.41) is 2.46. The summed E-state index contributed by atoms with van der Waals surface area (Å²) in [6, 6.07) is 1.17. The van der Waals surface area contributed by atoms with Crippen LogP contribution in [0.25, 0.3) is 0 Å². The fourth-order valence-corrected chi connectivity index (χ4v) is 9.24. The summed E-state index contributed by atoms with van der Waals surface area (Å²) < 4.78 is 241. The number of halogens is 17. The van der Waals surface area contributed by atoms with Crippen LogP contribution in [0.15, 0.2) is 24.6 Å². The summed E-state index contributed by atoms with van der Waals surface area (Å²) in [5.41, 5.74) is 5.48. The van der Waals surface area contributed by atoms with Crippen LogP contribution in [-0.2, 0) is 26.6 Å². The van der Waals surface area contributed by atoms with E-state index < -0.39 is 78.0 Å². The Bertz CT molecular complexity index is 1110. The van der Waals surface area contributed by atoms with Gasteiger partial charge in [-0.2, -0.15) is 70.2 Å². The van der Waals surface area contributed by atoms with Crippen LogP contribution < -0.4 is 40.6 Å². The van der Waals surface area contributed by atoms with Gasteiger partial charge in [0.05, 0.1) is 0 Å². The van der Waals surface area contributed by atoms with Crippen LogP contribution in [0.5, 0.6) is 0 Å². The van der Waals surface area contributed by atoms with Gasteiger partial charge in [0.25, 0.3) is 0 Å². The minimum absolute atomic E-state index is 0. The van der Waals surface area contributed by atoms with E-state index in [-0.39, 0.29) is 47.7 Å². The maximum Gasteiger partial charge on any atom is 1.00 e. The van der Waals surface area contributed by atoms with Gasteiger partial charge in [-0.15, -0.1) is 0 Å². The molecule has 0 heterocycles. The van der Waals surface area contributed by atoms with Gasteiger partial charge in [-0.05, 0) is 79.6 Å². The molecule has 0 amide bonds. The Morgan fingerprint density at radius 3 is 1.17 bits per heavy atom. The smallest absolute Gasteiger partial charge is 0.870 e. The first-order valence-electron chi connectivity index (χ1n) is 17.1. The van der Waals surface area contributed by atoms with Gasteiger partial charge in [0.15, 0.2) is 5.83 Å². The average molecular weight is 955 g/mol. The molecule has 29 heteroatoms. The number of alkyl halides is 16. The standard InChI is InChI=1S/C15H25F8NO3Si.C9H23NO3Si.C6H3F9.Na.H2O/c1-4-25-28(26-5-2,27-6-3)11-7-9-24-10-8-12(16)13(17,18)14(19,20)15(21,22)23;1-4-11-14(12-5-2,13-6-3)9-7-8-10;1-2-3(7,8)4(9,10)5(11,12)6(13,14)15;;/h8,24H,4-7,9-11H2,1-3H3;4-10H2,1-3H3;2H,1H2;;1H2/q;;;+1;/p-1/b12-8-;;;;. The van der Waals surface area contributed by atoms with Crippen molar-refractivity contribution in [3.63, 3.8) is 0 Å². The third-order valence-electron chi connectivity index (χ3n) is 6.61. The molecule has 352 valence electrons. The van der Waals surface area contributed by atoms with Gasteiger partial charge in [-0.25, -0.2) is 4.39 Å². The van der Waals surface area contributed by atoms with E-state index in [0.717, 1.165) is 12.5 Å². The molecule has 0 rings (SSSR count). The van der Waals surface area contributed by atoms with Gasteiger partial charge < -0.3 is 43.1 Å². The summed E-state index contributed by atoms with van der Waals surface area (Å²) in [7, 11) is -5.32. The second-order valence-corrected chi connectivity index (χ2v) is 16.3. The van der Waals surface area contributed by atoms with Crippen molar-refractivity contribution >= 4 is 17.6 Å². The molecule has 0 aliphatic carbocycles. The van der Waals surface area contributed by atoms with Crippen LogP contribution in [0.1, 0.15) is 54.4 Å². The fourth-order valence-electron chi connectivity index (χ4n) is 3.99. The van der Waals surface area contributed by atoms with Gasteiger partial charge in [0.1, 0.15) is 0 Å². The summed E-state index contributed by atoms with van der Waals surface area (Å²) in [6.45, 7) is 16.2. The van der Waals surface area contributed by atoms with Gasteiger partial charge in [0.2, 0.25) is 0 Å². The van der Waals surface area contributed by atoms with E-state index in [1.807, 2.05) is 20.8 Å². The molecule has 0 aliphatic heterocycles. The summed E-state index contributed by atoms with van der Waals surface area (Å²) in [6.07, 6.45) is -13.1. The van der Waals surface area contributed by atoms with Crippen LogP contribution in [-0.4, -0.2) is 124 Å². The summed E-state index contributed by atoms with van der Waals surface area (Å²) >= 11 is 0. The van der Waals surface area contributed by atoms with Crippen molar-refractivity contribution < 1.29 is 136 Å². The first-order chi connectivity index (χ1) is 25.9. The van der Waals surface area contributed by atoms with Crippen molar-refractivity contribution in [2.75, 3.05) is 59.3 Å². The maximum atomic E-state index is 13.2. The van der Waals surface area contributed by atoms with Gasteiger partial charge >= 0.3 is 89.1 Å². The zero-order valence-corrected chi connectivity index (χ0v) is 37.5. The molecule has 0 unspecified atom stereocenters. The Labute approximate surface area is 356 Å². The Kier molecular flexibility index (Phi) is 33.9. The van der Waals surface area contributed by atoms with Crippen molar-refractivity contribution in [3.8, 4) is 0 Å². The van der Waals surface area contributed by atoms with Crippen molar-refractivity contribution in [3.05, 3.63) is 24.6 Å². The Morgan fingerprint density at radius 1 is 0.576 bits per heavy atom. The largest absolute Gasteiger partial charge is 1.00 e. The second kappa shape index (κ2) is 29.7. The zero-order chi connectivity index (χ0) is 45.6. The van der Waals surface area contributed by atoms with Crippen LogP contribution in [0.4, 0.5) is 74.6 Å². The van der Waals surface area contributed by atoms with E-state index >= 15 is 0 Å². The summed E-state index contributed by atoms with van der Waals surface area (Å²) in [4.78, 5) is 0. The number of nitrogens with one attached hydrogen (secondary N) is 1. The van der Waals surface area contributed by atoms with Crippen LogP contribution in [0.3, 0.4) is 0 Å². The van der Waals surface area contributed by atoms with Crippen LogP contribution in [0.2, 0.25) is 12.1 Å². The summed E-state index contributed by atoms with van der Waals surface area (Å²) in [5.74, 6) is -34.4. The number of nitrogens with two attached hydrogens (primary N) is 1. The van der Waals surface area contributed by atoms with Gasteiger partial charge in [-0.1, -0.05) is 6.58 Å². The minimum atomic E-state index is -6.84. The molecule has 0 saturated heterocycles. The van der Waals surface area contributed by atoms with E-state index in [1.54, 1.807) is 20.8 Å². The molecule has 0 saturated carbocycles. The molecule has 0 atom stereocenters. The SMILES string of the molecule is C=CC(F)(F)C(F)(F)C(F)(F)C(F)(F)F.CCO[Si](CCCN)(OCC)OCC.CCO[Si](CCCNC/C=C(\F)C(F)(F)C(F)(F)C(F)(F)F)(OCC)OCC.[Na+].[OH-]. The molecule has 59 heavy (non-hydrogen) atoms. The number of hydrogen-bond donors (Lipinski definition) is 2. The third-order valence-corrected chi connectivity index (χ3v) is 12.9. The number of allylic oxidation sites excluding steroid dienone is 2. The molecule has 4 N–H and O–H groups in total. The van der Waals surface area contributed by atoms with E-state index in [2.05, 4.69) is 11.9 Å². The monoisotopic (exact) mass is 954 g/mol. The molecule has 0 bridgehead atoms. The molecule has 0 aromatic carbocycles. The van der Waals surface area contributed by atoms with E-state index in [4.69, 9.17) is 32.3 Å². The molecule has 0 radical (unpaired) electrons. The zero-order valence-electron chi connectivity index (χ0n) is 33.5. The predicted octanol–water partition coefficient (Wildman–Crippen LogP) is 6.55. The second-order valence-electron chi connectivity index (χ2n) is 10.8. The number of rotatable bonds is 26. The third kappa shape index (κ3) is 20.6. The topological polar surface area (TPSA) is 123 Å². The molecule has 0 spiro atoms. The van der Waals surface area contributed by atoms with Crippen molar-refractivity contribution in [1.82, 2.24) is 5.32 Å². The van der Waals surface area contributed by atoms with Crippen molar-refractivity contribution in [1.29, 1.82) is 0 Å². The normalized spacial score (nSPS) is 13.7. The van der Waals surface area contributed by atoms with E-state index in [9.17, 15) is 74.6 Å². The Hall–Kier alpha value is -0.636. The molecule has 0 aromatic heterocycles. The molecule has 0 fully saturated rings. The van der Waals surface area contributed by atoms with Gasteiger partial charge in [-0.3, -0.25) is 0 Å². The average Bonchev–Trinajstić information content (AvgIpc) is 3.08. The predicted molar refractivity (Wildman–Crippen MR) is 180 cm³/mol. The molecule has 9 nitrogen and oxygen atoms in total. The van der Waals surface area contributed by atoms with Crippen LogP contribution in [0, 0.1) is 0 Å². The Morgan fingerprint density at radius 2 is 0.898 bits per heavy atom. The van der Waals surface area contributed by atoms with E-state index in [1.165, 1.54) is 0 Å². The minimum Gasteiger partial charge on any atom is -0.870 e. The molecule has 0 aliphatic rings. The van der Waals surface area contributed by atoms with Crippen molar-refractivity contribution in [2.45, 2.75) is 108 Å². The fraction of sp³-hybridized carbons (Fsp3) is 0.867. The first kappa shape index (κ1) is 67.4. The first-order valence-corrected chi connectivity index (χ1v) is 21.0. The molecular formula is C30H52F17N2NaO7Si2. The quantitative estimate of drug-likeness (QED) is 0.0431. The maximum absolute atomic E-state index is 13.2. The van der Waals surface area contributed by atoms with Gasteiger partial charge in [0, 0.05) is 58.3 Å².